The Morgan fingerprint density at radius 2 is 2.40 bits per heavy atom. The van der Waals surface area contributed by atoms with Crippen molar-refractivity contribution in [1.29, 1.82) is 0 Å². The molecule has 0 aliphatic heterocycles. The monoisotopic (exact) mass is 138 g/mol. The second kappa shape index (κ2) is 3.00. The topological polar surface area (TPSA) is 17.1 Å². The van der Waals surface area contributed by atoms with E-state index < -0.39 is 0 Å². The van der Waals surface area contributed by atoms with Crippen molar-refractivity contribution in [1.82, 2.24) is 0 Å². The van der Waals surface area contributed by atoms with Gasteiger partial charge < -0.3 is 0 Å². The average Bonchev–Trinajstić information content (AvgIpc) is 2.36. The van der Waals surface area contributed by atoms with Gasteiger partial charge in [-0.3, -0.25) is 4.79 Å². The van der Waals surface area contributed by atoms with Gasteiger partial charge in [0.1, 0.15) is 5.78 Å². The van der Waals surface area contributed by atoms with Crippen LogP contribution < -0.4 is 0 Å². The van der Waals surface area contributed by atoms with Crippen LogP contribution in [0, 0.1) is 11.8 Å². The van der Waals surface area contributed by atoms with Crippen LogP contribution in [0.5, 0.6) is 0 Å². The van der Waals surface area contributed by atoms with Crippen molar-refractivity contribution in [2.24, 2.45) is 11.8 Å². The van der Waals surface area contributed by atoms with Gasteiger partial charge >= 0.3 is 0 Å². The molecular weight excluding hydrogens is 124 g/mol. The molecule has 2 atom stereocenters. The highest BCUT2D eigenvalue weighted by Crippen LogP contribution is 2.25. The van der Waals surface area contributed by atoms with Gasteiger partial charge in [-0.1, -0.05) is 19.1 Å². The van der Waals surface area contributed by atoms with Gasteiger partial charge in [0.25, 0.3) is 0 Å². The van der Waals surface area contributed by atoms with Crippen molar-refractivity contribution >= 4 is 5.78 Å². The van der Waals surface area contributed by atoms with E-state index in [1.807, 2.05) is 6.92 Å². The minimum Gasteiger partial charge on any atom is -0.300 e. The van der Waals surface area contributed by atoms with Crippen molar-refractivity contribution in [3.8, 4) is 0 Å². The van der Waals surface area contributed by atoms with Crippen molar-refractivity contribution in [3.05, 3.63) is 12.2 Å². The lowest BCUT2D eigenvalue weighted by Gasteiger charge is -2.12. The number of hydrogen-bond acceptors (Lipinski definition) is 1. The minimum atomic E-state index is 0.235. The molecule has 2 unspecified atom stereocenters. The molecule has 0 bridgehead atoms. The first-order valence-electron chi connectivity index (χ1n) is 3.89. The van der Waals surface area contributed by atoms with Crippen LogP contribution >= 0.6 is 0 Å². The van der Waals surface area contributed by atoms with Gasteiger partial charge in [-0.25, -0.2) is 0 Å². The van der Waals surface area contributed by atoms with E-state index >= 15 is 0 Å². The Hall–Kier alpha value is -0.590. The molecule has 0 aromatic carbocycles. The molecule has 0 amide bonds. The molecular formula is C9H14O. The molecule has 0 aromatic rings. The largest absolute Gasteiger partial charge is 0.300 e. The molecule has 1 aliphatic rings. The molecule has 1 aliphatic carbocycles. The summed E-state index contributed by atoms with van der Waals surface area (Å²) in [5.74, 6) is 1.08. The van der Waals surface area contributed by atoms with Gasteiger partial charge in [-0.05, 0) is 25.7 Å². The number of Topliss-reactive ketones (excluding diaryl/α,β-unsaturated/α-hetero) is 1. The normalized spacial score (nSPS) is 26.8. The molecule has 0 heterocycles. The second-order valence-corrected chi connectivity index (χ2v) is 3.07. The highest BCUT2D eigenvalue weighted by atomic mass is 16.1. The molecule has 0 N–H and O–H groups in total. The van der Waals surface area contributed by atoms with Gasteiger partial charge in [-0.2, -0.15) is 0 Å². The first-order valence-corrected chi connectivity index (χ1v) is 3.89. The molecule has 56 valence electrons. The van der Waals surface area contributed by atoms with E-state index in [1.54, 1.807) is 6.92 Å². The average molecular weight is 138 g/mol. The highest BCUT2D eigenvalue weighted by molar-refractivity contribution is 5.78. The summed E-state index contributed by atoms with van der Waals surface area (Å²) in [7, 11) is 0. The van der Waals surface area contributed by atoms with E-state index in [1.165, 1.54) is 6.42 Å². The Kier molecular flexibility index (Phi) is 2.25. The first kappa shape index (κ1) is 7.52. The van der Waals surface area contributed by atoms with Crippen LogP contribution in [0.2, 0.25) is 0 Å². The van der Waals surface area contributed by atoms with Gasteiger partial charge in [0.15, 0.2) is 0 Å². The summed E-state index contributed by atoms with van der Waals surface area (Å²) < 4.78 is 0. The maximum Gasteiger partial charge on any atom is 0.133 e. The van der Waals surface area contributed by atoms with Gasteiger partial charge in [-0.15, -0.1) is 0 Å². The third-order valence-corrected chi connectivity index (χ3v) is 2.33. The third-order valence-electron chi connectivity index (χ3n) is 2.33. The van der Waals surface area contributed by atoms with Crippen LogP contribution in [0.15, 0.2) is 12.2 Å². The zero-order valence-corrected chi connectivity index (χ0v) is 6.63. The zero-order chi connectivity index (χ0) is 7.56. The van der Waals surface area contributed by atoms with Crippen LogP contribution in [-0.4, -0.2) is 5.78 Å². The maximum atomic E-state index is 10.9. The van der Waals surface area contributed by atoms with E-state index in [9.17, 15) is 4.79 Å². The smallest absolute Gasteiger partial charge is 0.133 e. The van der Waals surface area contributed by atoms with Gasteiger partial charge in [0.05, 0.1) is 0 Å². The molecule has 0 spiro atoms. The number of rotatable bonds is 2. The number of allylic oxidation sites excluding steroid dienone is 2. The minimum absolute atomic E-state index is 0.235. The molecule has 0 radical (unpaired) electrons. The number of carbonyl (C=O) groups is 1. The fourth-order valence-corrected chi connectivity index (χ4v) is 1.37. The zero-order valence-electron chi connectivity index (χ0n) is 6.63. The summed E-state index contributed by atoms with van der Waals surface area (Å²) in [6.07, 6.45) is 6.67. The van der Waals surface area contributed by atoms with Gasteiger partial charge in [0, 0.05) is 5.92 Å². The molecule has 1 heteroatoms. The van der Waals surface area contributed by atoms with E-state index in [-0.39, 0.29) is 5.92 Å². The second-order valence-electron chi connectivity index (χ2n) is 3.07. The number of carbonyl (C=O) groups excluding carboxylic acids is 1. The Morgan fingerprint density at radius 3 is 2.80 bits per heavy atom. The Labute approximate surface area is 62.1 Å². The molecule has 1 nitrogen and oxygen atoms in total. The quantitative estimate of drug-likeness (QED) is 0.534. The Balaban J connectivity index is 2.48. The van der Waals surface area contributed by atoms with E-state index in [2.05, 4.69) is 12.2 Å². The fourth-order valence-electron chi connectivity index (χ4n) is 1.37. The van der Waals surface area contributed by atoms with Crippen molar-refractivity contribution in [2.45, 2.75) is 26.7 Å². The molecule has 0 saturated carbocycles. The van der Waals surface area contributed by atoms with E-state index in [0.717, 1.165) is 6.42 Å². The molecule has 0 aromatic heterocycles. The number of hydrogen-bond donors (Lipinski definition) is 0. The summed E-state index contributed by atoms with van der Waals surface area (Å²) in [5, 5.41) is 0. The summed E-state index contributed by atoms with van der Waals surface area (Å²) in [4.78, 5) is 10.9. The summed E-state index contributed by atoms with van der Waals surface area (Å²) in [6, 6.07) is 0. The SMILES string of the molecule is CC(=O)C(C)C1C=CCC1. The molecule has 10 heavy (non-hydrogen) atoms. The lowest BCUT2D eigenvalue weighted by atomic mass is 9.91. The van der Waals surface area contributed by atoms with E-state index in [4.69, 9.17) is 0 Å². The van der Waals surface area contributed by atoms with Crippen LogP contribution in [0.4, 0.5) is 0 Å². The van der Waals surface area contributed by atoms with Crippen molar-refractivity contribution in [2.75, 3.05) is 0 Å². The molecule has 1 rings (SSSR count). The highest BCUT2D eigenvalue weighted by Gasteiger charge is 2.19. The van der Waals surface area contributed by atoms with Crippen LogP contribution in [-0.2, 0) is 4.79 Å². The summed E-state index contributed by atoms with van der Waals surface area (Å²) in [6.45, 7) is 3.69. The lowest BCUT2D eigenvalue weighted by Crippen LogP contribution is -2.14. The van der Waals surface area contributed by atoms with Crippen molar-refractivity contribution < 1.29 is 4.79 Å². The fraction of sp³-hybridized carbons (Fsp3) is 0.667. The third kappa shape index (κ3) is 1.47. The summed E-state index contributed by atoms with van der Waals surface area (Å²) in [5.41, 5.74) is 0. The summed E-state index contributed by atoms with van der Waals surface area (Å²) >= 11 is 0. The van der Waals surface area contributed by atoms with E-state index in [0.29, 0.717) is 11.7 Å². The predicted molar refractivity (Wildman–Crippen MR) is 41.7 cm³/mol. The predicted octanol–water partition coefficient (Wildman–Crippen LogP) is 2.18. The first-order chi connectivity index (χ1) is 4.72. The van der Waals surface area contributed by atoms with Crippen LogP contribution in [0.1, 0.15) is 26.7 Å². The number of ketones is 1. The lowest BCUT2D eigenvalue weighted by molar-refractivity contribution is -0.121. The van der Waals surface area contributed by atoms with Gasteiger partial charge in [0.2, 0.25) is 0 Å². The maximum absolute atomic E-state index is 10.9. The molecule has 0 fully saturated rings. The Morgan fingerprint density at radius 1 is 1.70 bits per heavy atom. The Bertz CT molecular complexity index is 158. The van der Waals surface area contributed by atoms with Crippen molar-refractivity contribution in [3.63, 3.8) is 0 Å². The van der Waals surface area contributed by atoms with Crippen LogP contribution in [0.3, 0.4) is 0 Å². The molecule has 0 saturated heterocycles. The standard InChI is InChI=1S/C9H14O/c1-7(8(2)10)9-5-3-4-6-9/h3,5,7,9H,4,6H2,1-2H3. The van der Waals surface area contributed by atoms with Crippen LogP contribution in [0.25, 0.3) is 0 Å².